The van der Waals surface area contributed by atoms with E-state index < -0.39 is 0 Å². The zero-order valence-corrected chi connectivity index (χ0v) is 14.2. The first kappa shape index (κ1) is 15.9. The third-order valence-corrected chi connectivity index (χ3v) is 4.99. The van der Waals surface area contributed by atoms with E-state index in [9.17, 15) is 0 Å². The lowest BCUT2D eigenvalue weighted by Crippen LogP contribution is -2.37. The van der Waals surface area contributed by atoms with Gasteiger partial charge in [0.2, 0.25) is 0 Å². The van der Waals surface area contributed by atoms with E-state index in [-0.39, 0.29) is 5.41 Å². The number of hydrogen-bond acceptors (Lipinski definition) is 1. The average Bonchev–Trinajstić information content (AvgIpc) is 2.60. The van der Waals surface area contributed by atoms with Crippen LogP contribution in [0.3, 0.4) is 0 Å². The van der Waals surface area contributed by atoms with Gasteiger partial charge in [0, 0.05) is 17.1 Å². The lowest BCUT2D eigenvalue weighted by atomic mass is 9.84. The number of hydrogen-bond donors (Lipinski definition) is 1. The monoisotopic (exact) mass is 293 g/mol. The fourth-order valence-corrected chi connectivity index (χ4v) is 3.63. The van der Waals surface area contributed by atoms with Gasteiger partial charge in [-0.15, -0.1) is 0 Å². The first-order chi connectivity index (χ1) is 9.33. The Kier molecular flexibility index (Phi) is 4.81. The van der Waals surface area contributed by atoms with Crippen LogP contribution in [0.1, 0.15) is 64.6 Å². The summed E-state index contributed by atoms with van der Waals surface area (Å²) in [5, 5.41) is 4.71. The molecule has 1 aromatic rings. The number of benzene rings is 1. The van der Waals surface area contributed by atoms with E-state index in [4.69, 9.17) is 11.6 Å². The van der Waals surface area contributed by atoms with Crippen LogP contribution in [0.25, 0.3) is 0 Å². The zero-order chi connectivity index (χ0) is 14.9. The molecular formula is C18H28ClN. The van der Waals surface area contributed by atoms with Gasteiger partial charge in [0.05, 0.1) is 0 Å². The molecule has 1 aromatic carbocycles. The molecule has 0 bridgehead atoms. The van der Waals surface area contributed by atoms with Gasteiger partial charge in [0.15, 0.2) is 0 Å². The molecule has 2 rings (SSSR count). The SMILES string of the molecule is CCC(C)CC(C)NC1c2cc(Cl)ccc2CC1(C)C. The van der Waals surface area contributed by atoms with Gasteiger partial charge in [-0.3, -0.25) is 0 Å². The third-order valence-electron chi connectivity index (χ3n) is 4.75. The van der Waals surface area contributed by atoms with Crippen molar-refractivity contribution in [3.8, 4) is 0 Å². The summed E-state index contributed by atoms with van der Waals surface area (Å²) >= 11 is 6.20. The number of rotatable bonds is 5. The molecule has 1 aliphatic rings. The van der Waals surface area contributed by atoms with E-state index in [1.807, 2.05) is 6.07 Å². The van der Waals surface area contributed by atoms with E-state index in [0.29, 0.717) is 12.1 Å². The molecule has 1 aliphatic carbocycles. The smallest absolute Gasteiger partial charge is 0.0409 e. The molecule has 0 aliphatic heterocycles. The Labute approximate surface area is 129 Å². The quantitative estimate of drug-likeness (QED) is 0.769. The Morgan fingerprint density at radius 3 is 2.70 bits per heavy atom. The van der Waals surface area contributed by atoms with Crippen molar-refractivity contribution in [3.05, 3.63) is 34.3 Å². The summed E-state index contributed by atoms with van der Waals surface area (Å²) in [6.45, 7) is 11.6. The van der Waals surface area contributed by atoms with Gasteiger partial charge >= 0.3 is 0 Å². The molecule has 1 N–H and O–H groups in total. The standard InChI is InChI=1S/C18H28ClN/c1-6-12(2)9-13(3)20-17-16-10-15(19)8-7-14(16)11-18(17,4)5/h7-8,10,12-13,17,20H,6,9,11H2,1-5H3. The molecule has 112 valence electrons. The van der Waals surface area contributed by atoms with Crippen LogP contribution in [0.5, 0.6) is 0 Å². The zero-order valence-electron chi connectivity index (χ0n) is 13.5. The summed E-state index contributed by atoms with van der Waals surface area (Å²) in [5.74, 6) is 0.779. The van der Waals surface area contributed by atoms with Crippen LogP contribution >= 0.6 is 11.6 Å². The van der Waals surface area contributed by atoms with Crippen molar-refractivity contribution in [1.29, 1.82) is 0 Å². The summed E-state index contributed by atoms with van der Waals surface area (Å²) in [4.78, 5) is 0. The maximum absolute atomic E-state index is 6.20. The topological polar surface area (TPSA) is 12.0 Å². The van der Waals surface area contributed by atoms with Crippen molar-refractivity contribution in [3.63, 3.8) is 0 Å². The molecular weight excluding hydrogens is 266 g/mol. The molecule has 0 saturated carbocycles. The highest BCUT2D eigenvalue weighted by Gasteiger charge is 2.39. The van der Waals surface area contributed by atoms with Crippen LogP contribution in [-0.2, 0) is 6.42 Å². The van der Waals surface area contributed by atoms with E-state index in [0.717, 1.165) is 17.4 Å². The van der Waals surface area contributed by atoms with Gasteiger partial charge in [-0.1, -0.05) is 51.8 Å². The van der Waals surface area contributed by atoms with Gasteiger partial charge < -0.3 is 5.32 Å². The summed E-state index contributed by atoms with van der Waals surface area (Å²) < 4.78 is 0. The van der Waals surface area contributed by atoms with Crippen molar-refractivity contribution in [2.75, 3.05) is 0 Å². The Hall–Kier alpha value is -0.530. The second-order valence-electron chi connectivity index (χ2n) is 7.26. The van der Waals surface area contributed by atoms with Crippen LogP contribution in [-0.4, -0.2) is 6.04 Å². The summed E-state index contributed by atoms with van der Waals surface area (Å²) in [7, 11) is 0. The van der Waals surface area contributed by atoms with E-state index in [1.165, 1.54) is 24.0 Å². The Morgan fingerprint density at radius 1 is 1.35 bits per heavy atom. The van der Waals surface area contributed by atoms with Crippen LogP contribution in [0.2, 0.25) is 5.02 Å². The van der Waals surface area contributed by atoms with Gasteiger partial charge in [-0.05, 0) is 54.4 Å². The number of halogens is 1. The fourth-order valence-electron chi connectivity index (χ4n) is 3.45. The molecule has 2 heteroatoms. The highest BCUT2D eigenvalue weighted by Crippen LogP contribution is 2.46. The minimum Gasteiger partial charge on any atom is -0.307 e. The van der Waals surface area contributed by atoms with Gasteiger partial charge in [-0.25, -0.2) is 0 Å². The van der Waals surface area contributed by atoms with Crippen LogP contribution in [0.15, 0.2) is 18.2 Å². The fraction of sp³-hybridized carbons (Fsp3) is 0.667. The first-order valence-electron chi connectivity index (χ1n) is 7.88. The van der Waals surface area contributed by atoms with Crippen LogP contribution < -0.4 is 5.32 Å². The summed E-state index contributed by atoms with van der Waals surface area (Å²) in [5.41, 5.74) is 3.11. The minimum absolute atomic E-state index is 0.261. The maximum atomic E-state index is 6.20. The van der Waals surface area contributed by atoms with E-state index in [2.05, 4.69) is 52.1 Å². The third kappa shape index (κ3) is 3.38. The predicted molar refractivity (Wildman–Crippen MR) is 88.3 cm³/mol. The maximum Gasteiger partial charge on any atom is 0.0409 e. The van der Waals surface area contributed by atoms with Gasteiger partial charge in [0.1, 0.15) is 0 Å². The first-order valence-corrected chi connectivity index (χ1v) is 8.25. The summed E-state index contributed by atoms with van der Waals surface area (Å²) in [6.07, 6.45) is 3.62. The molecule has 0 saturated heterocycles. The lowest BCUT2D eigenvalue weighted by molar-refractivity contribution is 0.239. The highest BCUT2D eigenvalue weighted by atomic mass is 35.5. The van der Waals surface area contributed by atoms with Crippen molar-refractivity contribution in [2.45, 2.75) is 66.0 Å². The van der Waals surface area contributed by atoms with E-state index in [1.54, 1.807) is 0 Å². The molecule has 3 atom stereocenters. The van der Waals surface area contributed by atoms with Crippen molar-refractivity contribution in [2.24, 2.45) is 11.3 Å². The van der Waals surface area contributed by atoms with E-state index >= 15 is 0 Å². The summed E-state index contributed by atoms with van der Waals surface area (Å²) in [6, 6.07) is 7.32. The average molecular weight is 294 g/mol. The predicted octanol–water partition coefficient (Wildman–Crippen LogP) is 5.38. The minimum atomic E-state index is 0.261. The molecule has 3 unspecified atom stereocenters. The van der Waals surface area contributed by atoms with Crippen molar-refractivity contribution < 1.29 is 0 Å². The highest BCUT2D eigenvalue weighted by molar-refractivity contribution is 6.30. The van der Waals surface area contributed by atoms with Crippen molar-refractivity contribution >= 4 is 11.6 Å². The second-order valence-corrected chi connectivity index (χ2v) is 7.69. The molecule has 1 nitrogen and oxygen atoms in total. The molecule has 0 aromatic heterocycles. The molecule has 0 fully saturated rings. The Bertz CT molecular complexity index is 466. The molecule has 20 heavy (non-hydrogen) atoms. The van der Waals surface area contributed by atoms with Gasteiger partial charge in [0.25, 0.3) is 0 Å². The van der Waals surface area contributed by atoms with Crippen LogP contribution in [0.4, 0.5) is 0 Å². The number of fused-ring (bicyclic) bond motifs is 1. The number of nitrogens with one attached hydrogen (secondary N) is 1. The normalized spacial score (nSPS) is 23.4. The van der Waals surface area contributed by atoms with Crippen LogP contribution in [0, 0.1) is 11.3 Å². The molecule has 0 spiro atoms. The Balaban J connectivity index is 2.16. The Morgan fingerprint density at radius 2 is 2.05 bits per heavy atom. The molecule has 0 amide bonds. The van der Waals surface area contributed by atoms with Gasteiger partial charge in [-0.2, -0.15) is 0 Å². The second kappa shape index (κ2) is 6.07. The van der Waals surface area contributed by atoms with Crippen molar-refractivity contribution in [1.82, 2.24) is 5.32 Å². The lowest BCUT2D eigenvalue weighted by Gasteiger charge is -2.32. The molecule has 0 heterocycles. The molecule has 0 radical (unpaired) electrons. The largest absolute Gasteiger partial charge is 0.307 e.